The number of ether oxygens (including phenoxy) is 3. The van der Waals surface area contributed by atoms with Crippen LogP contribution in [0.3, 0.4) is 0 Å². The van der Waals surface area contributed by atoms with Crippen LogP contribution < -0.4 is 19.5 Å². The molecule has 1 amide bonds. The van der Waals surface area contributed by atoms with Gasteiger partial charge in [-0.3, -0.25) is 19.9 Å². The quantitative estimate of drug-likeness (QED) is 0.0948. The fourth-order valence-corrected chi connectivity index (χ4v) is 7.28. The molecule has 0 saturated carbocycles. The highest BCUT2D eigenvalue weighted by Gasteiger charge is 2.38. The maximum atomic E-state index is 14.1. The molecule has 1 aromatic heterocycles. The predicted octanol–water partition coefficient (Wildman–Crippen LogP) is 5.40. The Bertz CT molecular complexity index is 1670. The van der Waals surface area contributed by atoms with E-state index < -0.39 is 45.8 Å². The number of sulfonamides is 1. The Morgan fingerprint density at radius 2 is 1.66 bits per heavy atom. The third-order valence-corrected chi connectivity index (χ3v) is 14.8. The normalized spacial score (nSPS) is 12.8. The third-order valence-electron chi connectivity index (χ3n) is 8.25. The molecule has 0 saturated heterocycles. The summed E-state index contributed by atoms with van der Waals surface area (Å²) in [5, 5.41) is 14.6. The minimum atomic E-state index is -4.57. The Morgan fingerprint density at radius 1 is 1.04 bits per heavy atom. The zero-order valence-corrected chi connectivity index (χ0v) is 30.1. The Morgan fingerprint density at radius 3 is 2.21 bits per heavy atom. The van der Waals surface area contributed by atoms with E-state index in [0.717, 1.165) is 16.4 Å². The van der Waals surface area contributed by atoms with E-state index in [-0.39, 0.29) is 24.7 Å². The van der Waals surface area contributed by atoms with Gasteiger partial charge in [0.05, 0.1) is 38.6 Å². The van der Waals surface area contributed by atoms with Crippen molar-refractivity contribution in [2.75, 3.05) is 34.5 Å². The van der Waals surface area contributed by atoms with Crippen LogP contribution in [0.15, 0.2) is 59.6 Å². The Hall–Kier alpha value is -4.05. The molecule has 256 valence electrons. The molecule has 13 nitrogen and oxygen atoms in total. The van der Waals surface area contributed by atoms with E-state index in [1.54, 1.807) is 24.3 Å². The SMILES string of the molecule is COc1cc(-c2cc(CN([C@@H](C)C(=O)NCCO[Si](C)(C)C(C)(C)C)S(=O)(=O)c3ccccc3[N+](=O)[O-])ccn2)cc(OC)c1OC. The number of carbonyl (C=O) groups excluding carboxylic acids is 1. The summed E-state index contributed by atoms with van der Waals surface area (Å²) in [6.45, 7) is 12.1. The summed E-state index contributed by atoms with van der Waals surface area (Å²) < 4.78 is 51.7. The molecule has 15 heteroatoms. The van der Waals surface area contributed by atoms with Crippen LogP contribution in [0, 0.1) is 10.1 Å². The van der Waals surface area contributed by atoms with Gasteiger partial charge in [0.1, 0.15) is 6.04 Å². The van der Waals surface area contributed by atoms with Gasteiger partial charge >= 0.3 is 0 Å². The smallest absolute Gasteiger partial charge is 0.289 e. The molecule has 0 aliphatic heterocycles. The van der Waals surface area contributed by atoms with Gasteiger partial charge in [-0.2, -0.15) is 4.31 Å². The number of carbonyl (C=O) groups is 1. The molecule has 1 atom stereocenters. The number of hydrogen-bond donors (Lipinski definition) is 1. The second-order valence-electron chi connectivity index (χ2n) is 12.3. The molecule has 47 heavy (non-hydrogen) atoms. The van der Waals surface area contributed by atoms with Crippen molar-refractivity contribution in [1.82, 2.24) is 14.6 Å². The molecule has 0 radical (unpaired) electrons. The number of nitro benzene ring substituents is 1. The second-order valence-corrected chi connectivity index (χ2v) is 19.0. The summed E-state index contributed by atoms with van der Waals surface area (Å²) in [6.07, 6.45) is 1.51. The van der Waals surface area contributed by atoms with E-state index in [9.17, 15) is 23.3 Å². The van der Waals surface area contributed by atoms with Crippen LogP contribution in [0.5, 0.6) is 17.2 Å². The Labute approximate surface area is 277 Å². The number of aromatic nitrogens is 1. The van der Waals surface area contributed by atoms with Crippen LogP contribution in [0.1, 0.15) is 33.3 Å². The number of nitro groups is 1. The van der Waals surface area contributed by atoms with Crippen LogP contribution in [-0.2, 0) is 25.8 Å². The molecule has 0 spiro atoms. The molecule has 3 aromatic rings. The fourth-order valence-electron chi connectivity index (χ4n) is 4.50. The van der Waals surface area contributed by atoms with Gasteiger partial charge in [0.25, 0.3) is 15.7 Å². The number of nitrogens with one attached hydrogen (secondary N) is 1. The number of amides is 1. The maximum absolute atomic E-state index is 14.1. The van der Waals surface area contributed by atoms with Crippen LogP contribution in [0.4, 0.5) is 5.69 Å². The van der Waals surface area contributed by atoms with E-state index in [4.69, 9.17) is 18.6 Å². The van der Waals surface area contributed by atoms with Gasteiger partial charge in [-0.15, -0.1) is 0 Å². The van der Waals surface area contributed by atoms with E-state index in [1.807, 2.05) is 0 Å². The van der Waals surface area contributed by atoms with Crippen molar-refractivity contribution in [2.24, 2.45) is 0 Å². The van der Waals surface area contributed by atoms with Gasteiger partial charge in [0, 0.05) is 30.9 Å². The highest BCUT2D eigenvalue weighted by Crippen LogP contribution is 2.41. The molecule has 1 heterocycles. The highest BCUT2D eigenvalue weighted by atomic mass is 32.2. The molecule has 0 aliphatic carbocycles. The third kappa shape index (κ3) is 8.65. The van der Waals surface area contributed by atoms with Gasteiger partial charge in [-0.25, -0.2) is 8.42 Å². The molecule has 0 fully saturated rings. The fraction of sp³-hybridized carbons (Fsp3) is 0.438. The minimum absolute atomic E-state index is 0.0228. The lowest BCUT2D eigenvalue weighted by atomic mass is 10.1. The van der Waals surface area contributed by atoms with E-state index in [0.29, 0.717) is 34.1 Å². The number of methoxy groups -OCH3 is 3. The molecule has 3 rings (SSSR count). The summed E-state index contributed by atoms with van der Waals surface area (Å²) in [6, 6.07) is 10.5. The summed E-state index contributed by atoms with van der Waals surface area (Å²) in [5.74, 6) is 0.617. The zero-order valence-electron chi connectivity index (χ0n) is 28.3. The molecule has 0 unspecified atom stereocenters. The number of hydrogen-bond acceptors (Lipinski definition) is 10. The molecular formula is C32H44N4O9SSi. The highest BCUT2D eigenvalue weighted by molar-refractivity contribution is 7.89. The van der Waals surface area contributed by atoms with Crippen molar-refractivity contribution in [3.8, 4) is 28.5 Å². The number of rotatable bonds is 15. The maximum Gasteiger partial charge on any atom is 0.289 e. The van der Waals surface area contributed by atoms with Crippen molar-refractivity contribution in [2.45, 2.75) is 63.3 Å². The van der Waals surface area contributed by atoms with Crippen molar-refractivity contribution in [1.29, 1.82) is 0 Å². The predicted molar refractivity (Wildman–Crippen MR) is 181 cm³/mol. The van der Waals surface area contributed by atoms with Gasteiger partial charge in [0.15, 0.2) is 24.7 Å². The monoisotopic (exact) mass is 688 g/mol. The summed E-state index contributed by atoms with van der Waals surface area (Å²) in [7, 11) is -2.17. The number of para-hydroxylation sites is 1. The van der Waals surface area contributed by atoms with Crippen LogP contribution in [-0.4, -0.2) is 77.4 Å². The zero-order chi connectivity index (χ0) is 35.2. The number of nitrogens with zero attached hydrogens (tertiary/aromatic N) is 3. The lowest BCUT2D eigenvalue weighted by molar-refractivity contribution is -0.387. The van der Waals surface area contributed by atoms with E-state index in [1.165, 1.54) is 46.6 Å². The lowest BCUT2D eigenvalue weighted by Gasteiger charge is -2.36. The minimum Gasteiger partial charge on any atom is -0.493 e. The van der Waals surface area contributed by atoms with Crippen LogP contribution in [0.25, 0.3) is 11.3 Å². The van der Waals surface area contributed by atoms with E-state index >= 15 is 0 Å². The standard InChI is InChI=1S/C32H44N4O9SSi/c1-22(31(37)34-16-17-45-47(8,9)32(2,3)4)35(46(40,41)29-13-11-10-12-26(29)36(38)39)21-23-14-15-33-25(18-23)24-19-27(42-5)30(44-7)28(20-24)43-6/h10-15,18-20,22H,16-17,21H2,1-9H3,(H,34,37)/t22-/m0/s1. The second kappa shape index (κ2) is 15.2. The largest absolute Gasteiger partial charge is 0.493 e. The average molecular weight is 689 g/mol. The molecule has 1 N–H and O–H groups in total. The lowest BCUT2D eigenvalue weighted by Crippen LogP contribution is -2.49. The van der Waals surface area contributed by atoms with Gasteiger partial charge in [-0.05, 0) is 61.0 Å². The summed E-state index contributed by atoms with van der Waals surface area (Å²) >= 11 is 0. The first kappa shape index (κ1) is 37.4. The van der Waals surface area contributed by atoms with Gasteiger partial charge in [-0.1, -0.05) is 32.9 Å². The first-order valence-corrected chi connectivity index (χ1v) is 19.3. The Balaban J connectivity index is 2.00. The van der Waals surface area contributed by atoms with Gasteiger partial charge in [0.2, 0.25) is 11.7 Å². The number of benzene rings is 2. The molecular weight excluding hydrogens is 645 g/mol. The van der Waals surface area contributed by atoms with Crippen LogP contribution >= 0.6 is 0 Å². The molecule has 0 bridgehead atoms. The summed E-state index contributed by atoms with van der Waals surface area (Å²) in [4.78, 5) is 28.4. The Kier molecular flexibility index (Phi) is 12.1. The van der Waals surface area contributed by atoms with Crippen molar-refractivity contribution in [3.05, 3.63) is 70.4 Å². The van der Waals surface area contributed by atoms with Crippen molar-refractivity contribution >= 4 is 29.9 Å². The average Bonchev–Trinajstić information content (AvgIpc) is 3.03. The molecule has 2 aromatic carbocycles. The van der Waals surface area contributed by atoms with Crippen LogP contribution in [0.2, 0.25) is 18.1 Å². The first-order chi connectivity index (χ1) is 22.0. The van der Waals surface area contributed by atoms with Crippen molar-refractivity contribution in [3.63, 3.8) is 0 Å². The van der Waals surface area contributed by atoms with E-state index in [2.05, 4.69) is 44.2 Å². The summed E-state index contributed by atoms with van der Waals surface area (Å²) in [5.41, 5.74) is 0.944. The van der Waals surface area contributed by atoms with Crippen molar-refractivity contribution < 1.29 is 36.8 Å². The topological polar surface area (TPSA) is 159 Å². The first-order valence-electron chi connectivity index (χ1n) is 14.9. The molecule has 0 aliphatic rings. The van der Waals surface area contributed by atoms with Gasteiger partial charge < -0.3 is 24.0 Å². The number of pyridine rings is 1.